The normalized spacial score (nSPS) is 14.4. The van der Waals surface area contributed by atoms with Crippen molar-refractivity contribution in [2.45, 2.75) is 25.7 Å². The van der Waals surface area contributed by atoms with Gasteiger partial charge in [-0.05, 0) is 31.9 Å². The number of hydrogen-bond donors (Lipinski definition) is 1. The first kappa shape index (κ1) is 12.0. The maximum Gasteiger partial charge on any atom is 0.254 e. The first-order valence-corrected chi connectivity index (χ1v) is 6.44. The lowest BCUT2D eigenvalue weighted by atomic mass is 10.1. The average Bonchev–Trinajstić information content (AvgIpc) is 3.26. The van der Waals surface area contributed by atoms with Crippen LogP contribution in [0.2, 0.25) is 0 Å². The largest absolute Gasteiger partial charge is 0.497 e. The second kappa shape index (κ2) is 4.53. The molecule has 1 aromatic heterocycles. The Kier molecular flexibility index (Phi) is 2.85. The first-order valence-electron chi connectivity index (χ1n) is 6.44. The summed E-state index contributed by atoms with van der Waals surface area (Å²) in [7, 11) is 1.63. The SMILES string of the molecule is COc1cccc(-c2nc(C3CC3)[nH]c(=O)c2C)c1. The number of H-pyrrole nitrogens is 1. The molecule has 1 N–H and O–H groups in total. The molecule has 1 fully saturated rings. The summed E-state index contributed by atoms with van der Waals surface area (Å²) in [6.45, 7) is 1.80. The number of benzene rings is 1. The molecule has 3 rings (SSSR count). The third kappa shape index (κ3) is 2.26. The highest BCUT2D eigenvalue weighted by molar-refractivity contribution is 5.64. The molecule has 0 saturated heterocycles. The van der Waals surface area contributed by atoms with E-state index >= 15 is 0 Å². The van der Waals surface area contributed by atoms with E-state index in [4.69, 9.17) is 4.74 Å². The zero-order valence-corrected chi connectivity index (χ0v) is 11.1. The van der Waals surface area contributed by atoms with Gasteiger partial charge in [-0.2, -0.15) is 0 Å². The van der Waals surface area contributed by atoms with Gasteiger partial charge in [-0.25, -0.2) is 4.98 Å². The number of rotatable bonds is 3. The lowest BCUT2D eigenvalue weighted by molar-refractivity contribution is 0.415. The molecule has 0 bridgehead atoms. The minimum absolute atomic E-state index is 0.0466. The van der Waals surface area contributed by atoms with Crippen LogP contribution in [0.3, 0.4) is 0 Å². The van der Waals surface area contributed by atoms with E-state index in [0.717, 1.165) is 35.7 Å². The molecular weight excluding hydrogens is 240 g/mol. The number of nitrogens with zero attached hydrogens (tertiary/aromatic N) is 1. The Morgan fingerprint density at radius 1 is 1.37 bits per heavy atom. The van der Waals surface area contributed by atoms with Gasteiger partial charge in [0.15, 0.2) is 0 Å². The smallest absolute Gasteiger partial charge is 0.254 e. The van der Waals surface area contributed by atoms with Gasteiger partial charge in [-0.1, -0.05) is 12.1 Å². The quantitative estimate of drug-likeness (QED) is 0.918. The van der Waals surface area contributed by atoms with Crippen LogP contribution in [0.15, 0.2) is 29.1 Å². The number of aromatic nitrogens is 2. The third-order valence-electron chi connectivity index (χ3n) is 3.48. The minimum atomic E-state index is -0.0466. The molecule has 98 valence electrons. The van der Waals surface area contributed by atoms with Crippen LogP contribution in [0.1, 0.15) is 30.1 Å². The average molecular weight is 256 g/mol. The van der Waals surface area contributed by atoms with Crippen molar-refractivity contribution in [3.8, 4) is 17.0 Å². The van der Waals surface area contributed by atoms with Gasteiger partial charge < -0.3 is 9.72 Å². The maximum atomic E-state index is 12.0. The van der Waals surface area contributed by atoms with Gasteiger partial charge in [0.05, 0.1) is 12.8 Å². The Labute approximate surface area is 111 Å². The molecule has 1 aliphatic carbocycles. The molecule has 0 spiro atoms. The van der Waals surface area contributed by atoms with Crippen molar-refractivity contribution < 1.29 is 4.74 Å². The number of hydrogen-bond acceptors (Lipinski definition) is 3. The van der Waals surface area contributed by atoms with Crippen molar-refractivity contribution in [1.82, 2.24) is 9.97 Å². The van der Waals surface area contributed by atoms with E-state index in [-0.39, 0.29) is 5.56 Å². The summed E-state index contributed by atoms with van der Waals surface area (Å²) in [6, 6.07) is 7.65. The summed E-state index contributed by atoms with van der Waals surface area (Å²) in [5.41, 5.74) is 2.28. The molecule has 0 amide bonds. The Morgan fingerprint density at radius 2 is 2.16 bits per heavy atom. The Morgan fingerprint density at radius 3 is 2.84 bits per heavy atom. The molecule has 0 atom stereocenters. The van der Waals surface area contributed by atoms with Crippen LogP contribution in [0, 0.1) is 6.92 Å². The van der Waals surface area contributed by atoms with Gasteiger partial charge in [0, 0.05) is 17.0 Å². The molecule has 1 saturated carbocycles. The lowest BCUT2D eigenvalue weighted by Crippen LogP contribution is -2.15. The van der Waals surface area contributed by atoms with Crippen molar-refractivity contribution in [1.29, 1.82) is 0 Å². The van der Waals surface area contributed by atoms with Gasteiger partial charge in [0.1, 0.15) is 11.6 Å². The fourth-order valence-corrected chi connectivity index (χ4v) is 2.15. The van der Waals surface area contributed by atoms with Gasteiger partial charge in [0.2, 0.25) is 0 Å². The van der Waals surface area contributed by atoms with Crippen LogP contribution >= 0.6 is 0 Å². The van der Waals surface area contributed by atoms with Crippen molar-refractivity contribution >= 4 is 0 Å². The highest BCUT2D eigenvalue weighted by Crippen LogP contribution is 2.38. The summed E-state index contributed by atoms with van der Waals surface area (Å²) >= 11 is 0. The van der Waals surface area contributed by atoms with Crippen LogP contribution in [-0.2, 0) is 0 Å². The van der Waals surface area contributed by atoms with Gasteiger partial charge in [-0.15, -0.1) is 0 Å². The Balaban J connectivity index is 2.14. The van der Waals surface area contributed by atoms with E-state index in [9.17, 15) is 4.79 Å². The van der Waals surface area contributed by atoms with Crippen molar-refractivity contribution in [3.63, 3.8) is 0 Å². The fraction of sp³-hybridized carbons (Fsp3) is 0.333. The first-order chi connectivity index (χ1) is 9.19. The van der Waals surface area contributed by atoms with E-state index in [2.05, 4.69) is 9.97 Å². The molecule has 2 aromatic rings. The molecule has 4 heteroatoms. The van der Waals surface area contributed by atoms with Crippen LogP contribution in [0.25, 0.3) is 11.3 Å². The topological polar surface area (TPSA) is 55.0 Å². The zero-order valence-electron chi connectivity index (χ0n) is 11.1. The minimum Gasteiger partial charge on any atom is -0.497 e. The van der Waals surface area contributed by atoms with Crippen molar-refractivity contribution in [2.24, 2.45) is 0 Å². The molecule has 0 radical (unpaired) electrons. The standard InChI is InChI=1S/C15H16N2O2/c1-9-13(11-4-3-5-12(8-11)19-2)16-14(10-6-7-10)17-15(9)18/h3-5,8,10H,6-7H2,1-2H3,(H,16,17,18). The molecule has 1 heterocycles. The summed E-state index contributed by atoms with van der Waals surface area (Å²) in [6.07, 6.45) is 2.23. The molecule has 4 nitrogen and oxygen atoms in total. The molecule has 19 heavy (non-hydrogen) atoms. The summed E-state index contributed by atoms with van der Waals surface area (Å²) in [5.74, 6) is 2.01. The number of methoxy groups -OCH3 is 1. The Hall–Kier alpha value is -2.10. The van der Waals surface area contributed by atoms with Crippen LogP contribution in [0.5, 0.6) is 5.75 Å². The molecule has 1 aliphatic rings. The van der Waals surface area contributed by atoms with E-state index in [0.29, 0.717) is 11.5 Å². The van der Waals surface area contributed by atoms with Crippen LogP contribution in [-0.4, -0.2) is 17.1 Å². The van der Waals surface area contributed by atoms with Crippen molar-refractivity contribution in [3.05, 3.63) is 46.0 Å². The number of nitrogens with one attached hydrogen (secondary N) is 1. The fourth-order valence-electron chi connectivity index (χ4n) is 2.15. The second-order valence-electron chi connectivity index (χ2n) is 4.93. The van der Waals surface area contributed by atoms with E-state index in [1.807, 2.05) is 24.3 Å². The highest BCUT2D eigenvalue weighted by atomic mass is 16.5. The van der Waals surface area contributed by atoms with E-state index in [1.165, 1.54) is 0 Å². The van der Waals surface area contributed by atoms with Gasteiger partial charge in [-0.3, -0.25) is 4.79 Å². The molecule has 1 aromatic carbocycles. The van der Waals surface area contributed by atoms with E-state index < -0.39 is 0 Å². The molecule has 0 aliphatic heterocycles. The predicted molar refractivity (Wildman–Crippen MR) is 73.6 cm³/mol. The second-order valence-corrected chi connectivity index (χ2v) is 4.93. The van der Waals surface area contributed by atoms with Crippen molar-refractivity contribution in [2.75, 3.05) is 7.11 Å². The van der Waals surface area contributed by atoms with E-state index in [1.54, 1.807) is 14.0 Å². The number of ether oxygens (including phenoxy) is 1. The highest BCUT2D eigenvalue weighted by Gasteiger charge is 2.27. The summed E-state index contributed by atoms with van der Waals surface area (Å²) in [4.78, 5) is 19.5. The lowest BCUT2D eigenvalue weighted by Gasteiger charge is -2.08. The monoisotopic (exact) mass is 256 g/mol. The molecular formula is C15H16N2O2. The third-order valence-corrected chi connectivity index (χ3v) is 3.48. The van der Waals surface area contributed by atoms with Gasteiger partial charge >= 0.3 is 0 Å². The van der Waals surface area contributed by atoms with Gasteiger partial charge in [0.25, 0.3) is 5.56 Å². The maximum absolute atomic E-state index is 12.0. The Bertz CT molecular complexity index is 672. The van der Waals surface area contributed by atoms with Crippen LogP contribution in [0.4, 0.5) is 0 Å². The number of aromatic amines is 1. The predicted octanol–water partition coefficient (Wildman–Crippen LogP) is 2.63. The molecule has 0 unspecified atom stereocenters. The van der Waals surface area contributed by atoms with Crippen LogP contribution < -0.4 is 10.3 Å². The summed E-state index contributed by atoms with van der Waals surface area (Å²) in [5, 5.41) is 0. The summed E-state index contributed by atoms with van der Waals surface area (Å²) < 4.78 is 5.22. The zero-order chi connectivity index (χ0) is 13.4.